The van der Waals surface area contributed by atoms with Gasteiger partial charge in [0.1, 0.15) is 0 Å². The van der Waals surface area contributed by atoms with Crippen LogP contribution >= 0.6 is 0 Å². The molecule has 1 aliphatic heterocycles. The lowest BCUT2D eigenvalue weighted by Crippen LogP contribution is -2.32. The first-order valence-corrected chi connectivity index (χ1v) is 9.07. The molecule has 0 saturated heterocycles. The summed E-state index contributed by atoms with van der Waals surface area (Å²) in [7, 11) is -3.80. The molecule has 0 aliphatic carbocycles. The van der Waals surface area contributed by atoms with Crippen LogP contribution < -0.4 is 4.72 Å². The fraction of sp³-hybridized carbons (Fsp3) is 0.0556. The normalized spacial score (nSPS) is 13.2. The van der Waals surface area contributed by atoms with Gasteiger partial charge in [0.25, 0.3) is 11.8 Å². The van der Waals surface area contributed by atoms with E-state index in [1.807, 2.05) is 0 Å². The van der Waals surface area contributed by atoms with Gasteiger partial charge in [0.15, 0.2) is 0 Å². The molecule has 1 aliphatic rings. The highest BCUT2D eigenvalue weighted by atomic mass is 32.2. The summed E-state index contributed by atoms with van der Waals surface area (Å²) in [5.74, 6) is -0.333. The summed E-state index contributed by atoms with van der Waals surface area (Å²) >= 11 is 0. The van der Waals surface area contributed by atoms with Gasteiger partial charge in [0, 0.05) is 0 Å². The van der Waals surface area contributed by atoms with Crippen LogP contribution in [0.1, 0.15) is 31.1 Å². The zero-order chi connectivity index (χ0) is 19.6. The van der Waals surface area contributed by atoms with Crippen molar-refractivity contribution < 1.29 is 27.6 Å². The third-order valence-corrected chi connectivity index (χ3v) is 5.11. The molecule has 0 atom stereocenters. The number of nitrogens with one attached hydrogen (secondary N) is 1. The van der Waals surface area contributed by atoms with Crippen LogP contribution in [0.25, 0.3) is 0 Å². The van der Waals surface area contributed by atoms with E-state index < -0.39 is 27.8 Å². The van der Waals surface area contributed by atoms with E-state index in [4.69, 9.17) is 11.3 Å². The first-order valence-electron chi connectivity index (χ1n) is 7.58. The van der Waals surface area contributed by atoms with Crippen LogP contribution in [0.5, 0.6) is 0 Å². The van der Waals surface area contributed by atoms with E-state index in [2.05, 4.69) is 10.6 Å². The van der Waals surface area contributed by atoms with E-state index in [1.165, 1.54) is 36.4 Å². The largest absolute Gasteiger partial charge is 0.363 e. The van der Waals surface area contributed by atoms with Gasteiger partial charge in [0.2, 0.25) is 10.0 Å². The first kappa shape index (κ1) is 18.3. The fourth-order valence-corrected chi connectivity index (χ4v) is 3.31. The molecule has 0 bridgehead atoms. The maximum absolute atomic E-state index is 12.2. The lowest BCUT2D eigenvalue weighted by Gasteiger charge is -2.12. The highest BCUT2D eigenvalue weighted by molar-refractivity contribution is 7.89. The van der Waals surface area contributed by atoms with Gasteiger partial charge in [-0.05, 0) is 36.4 Å². The molecule has 0 fully saturated rings. The van der Waals surface area contributed by atoms with Gasteiger partial charge in [-0.3, -0.25) is 9.59 Å². The molecule has 2 amide bonds. The minimum absolute atomic E-state index is 0.0394. The minimum Gasteiger partial charge on any atom is -0.324 e. The van der Waals surface area contributed by atoms with Gasteiger partial charge in [0.05, 0.1) is 28.1 Å². The summed E-state index contributed by atoms with van der Waals surface area (Å²) in [4.78, 5) is 41.4. The van der Waals surface area contributed by atoms with Crippen molar-refractivity contribution in [3.05, 3.63) is 65.2 Å². The number of hydrogen-bond donors (Lipinski definition) is 1. The predicted octanol–water partition coefficient (Wildman–Crippen LogP) is 0.966. The second-order valence-corrected chi connectivity index (χ2v) is 7.15. The second-order valence-electron chi connectivity index (χ2n) is 5.38. The maximum atomic E-state index is 12.2. The van der Waals surface area contributed by atoms with Crippen molar-refractivity contribution in [3.63, 3.8) is 0 Å². The van der Waals surface area contributed by atoms with Gasteiger partial charge >= 0.3 is 5.97 Å². The zero-order valence-corrected chi connectivity index (χ0v) is 14.5. The maximum Gasteiger partial charge on any atom is 0.363 e. The summed E-state index contributed by atoms with van der Waals surface area (Å²) in [5, 5.41) is 0.381. The number of benzene rings is 2. The molecule has 2 aromatic rings. The summed E-state index contributed by atoms with van der Waals surface area (Å²) in [6, 6.07) is 10.8. The monoisotopic (exact) mass is 384 g/mol. The van der Waals surface area contributed by atoms with Crippen LogP contribution in [0, 0.1) is 12.3 Å². The third-order valence-electron chi connectivity index (χ3n) is 3.70. The number of imide groups is 1. The van der Waals surface area contributed by atoms with E-state index in [9.17, 15) is 22.8 Å². The third kappa shape index (κ3) is 3.44. The van der Waals surface area contributed by atoms with Gasteiger partial charge < -0.3 is 4.84 Å². The van der Waals surface area contributed by atoms with Crippen LogP contribution in [0.2, 0.25) is 0 Å². The Morgan fingerprint density at radius 3 is 2.11 bits per heavy atom. The number of terminal acetylenes is 1. The number of hydrogen-bond acceptors (Lipinski definition) is 6. The van der Waals surface area contributed by atoms with Crippen molar-refractivity contribution in [2.24, 2.45) is 0 Å². The Balaban J connectivity index is 1.76. The molecule has 27 heavy (non-hydrogen) atoms. The number of rotatable bonds is 5. The van der Waals surface area contributed by atoms with E-state index in [1.54, 1.807) is 12.1 Å². The number of sulfonamides is 1. The molecule has 3 rings (SSSR count). The molecule has 0 radical (unpaired) electrons. The van der Waals surface area contributed by atoms with Crippen LogP contribution in [0.3, 0.4) is 0 Å². The van der Waals surface area contributed by atoms with E-state index >= 15 is 0 Å². The quantitative estimate of drug-likeness (QED) is 0.608. The Kier molecular flexibility index (Phi) is 4.77. The molecular weight excluding hydrogens is 372 g/mol. The standard InChI is InChI=1S/C18H12N2O6S/c1-2-11-19-27(24,25)13-9-7-12(8-10-13)18(23)26-20-16(21)14-5-3-4-6-15(14)17(20)22/h1,3-10,19H,11H2. The van der Waals surface area contributed by atoms with Crippen molar-refractivity contribution in [3.8, 4) is 12.3 Å². The number of nitrogens with zero attached hydrogens (tertiary/aromatic N) is 1. The van der Waals surface area contributed by atoms with Gasteiger partial charge in [-0.25, -0.2) is 13.2 Å². The summed E-state index contributed by atoms with van der Waals surface area (Å²) in [6.07, 6.45) is 5.01. The molecule has 8 nitrogen and oxygen atoms in total. The minimum atomic E-state index is -3.80. The Bertz CT molecular complexity index is 1050. The lowest BCUT2D eigenvalue weighted by atomic mass is 10.1. The molecular formula is C18H12N2O6S. The number of fused-ring (bicyclic) bond motifs is 1. The van der Waals surface area contributed by atoms with E-state index in [0.717, 1.165) is 0 Å². The van der Waals surface area contributed by atoms with Crippen LogP contribution in [0.15, 0.2) is 53.4 Å². The average molecular weight is 384 g/mol. The van der Waals surface area contributed by atoms with E-state index in [-0.39, 0.29) is 28.1 Å². The Morgan fingerprint density at radius 1 is 1.04 bits per heavy atom. The topological polar surface area (TPSA) is 110 Å². The molecule has 0 spiro atoms. The second kappa shape index (κ2) is 7.03. The van der Waals surface area contributed by atoms with Crippen LogP contribution in [-0.2, 0) is 14.9 Å². The number of hydroxylamine groups is 2. The van der Waals surface area contributed by atoms with Crippen LogP contribution in [0.4, 0.5) is 0 Å². The highest BCUT2D eigenvalue weighted by Crippen LogP contribution is 2.23. The fourth-order valence-electron chi connectivity index (χ4n) is 2.38. The molecule has 9 heteroatoms. The van der Waals surface area contributed by atoms with Crippen molar-refractivity contribution in [2.75, 3.05) is 6.54 Å². The van der Waals surface area contributed by atoms with Gasteiger partial charge in [-0.2, -0.15) is 4.72 Å². The molecule has 2 aromatic carbocycles. The Hall–Kier alpha value is -3.48. The predicted molar refractivity (Wildman–Crippen MR) is 92.8 cm³/mol. The molecule has 1 heterocycles. The molecule has 136 valence electrons. The van der Waals surface area contributed by atoms with Crippen molar-refractivity contribution in [1.29, 1.82) is 0 Å². The Labute approximate surface area is 154 Å². The lowest BCUT2D eigenvalue weighted by molar-refractivity contribution is -0.0584. The van der Waals surface area contributed by atoms with Crippen LogP contribution in [-0.4, -0.2) is 37.8 Å². The van der Waals surface area contributed by atoms with E-state index in [0.29, 0.717) is 5.06 Å². The zero-order valence-electron chi connectivity index (χ0n) is 13.7. The first-order chi connectivity index (χ1) is 12.8. The van der Waals surface area contributed by atoms with Crippen molar-refractivity contribution >= 4 is 27.8 Å². The summed E-state index contributed by atoms with van der Waals surface area (Å²) in [6.45, 7) is -0.175. The molecule has 0 unspecified atom stereocenters. The number of carbonyl (C=O) groups is 3. The summed E-state index contributed by atoms with van der Waals surface area (Å²) in [5.41, 5.74) is 0.232. The summed E-state index contributed by atoms with van der Waals surface area (Å²) < 4.78 is 26.1. The smallest absolute Gasteiger partial charge is 0.324 e. The van der Waals surface area contributed by atoms with Gasteiger partial charge in [-0.15, -0.1) is 6.42 Å². The number of carbonyl (C=O) groups excluding carboxylic acids is 3. The molecule has 1 N–H and O–H groups in total. The molecule has 0 aromatic heterocycles. The number of amides is 2. The van der Waals surface area contributed by atoms with Crippen molar-refractivity contribution in [2.45, 2.75) is 4.90 Å². The highest BCUT2D eigenvalue weighted by Gasteiger charge is 2.38. The van der Waals surface area contributed by atoms with Gasteiger partial charge in [-0.1, -0.05) is 23.1 Å². The molecule has 0 saturated carbocycles. The SMILES string of the molecule is C#CCNS(=O)(=O)c1ccc(C(=O)ON2C(=O)c3ccccc3C2=O)cc1. The van der Waals surface area contributed by atoms with Crippen molar-refractivity contribution in [1.82, 2.24) is 9.79 Å². The Morgan fingerprint density at radius 2 is 1.59 bits per heavy atom. The average Bonchev–Trinajstić information content (AvgIpc) is 2.92.